The van der Waals surface area contributed by atoms with Gasteiger partial charge in [0.25, 0.3) is 5.91 Å². The zero-order valence-electron chi connectivity index (χ0n) is 14.2. The minimum absolute atomic E-state index is 0.0299. The van der Waals surface area contributed by atoms with Gasteiger partial charge in [-0.3, -0.25) is 9.59 Å². The highest BCUT2D eigenvalue weighted by molar-refractivity contribution is 8.17. The molecule has 0 aliphatic heterocycles. The number of carbonyl (C=O) groups excluding carboxylic acids is 2. The van der Waals surface area contributed by atoms with Gasteiger partial charge >= 0.3 is 0 Å². The largest absolute Gasteiger partial charge is 0.322 e. The molecule has 134 valence electrons. The molecule has 0 spiro atoms. The Morgan fingerprint density at radius 2 is 1.92 bits per heavy atom. The number of rotatable bonds is 6. The first-order valence-corrected chi connectivity index (χ1v) is 8.60. The second kappa shape index (κ2) is 8.96. The van der Waals surface area contributed by atoms with Gasteiger partial charge in [-0.05, 0) is 19.1 Å². The summed E-state index contributed by atoms with van der Waals surface area (Å²) in [4.78, 5) is 24.7. The number of nitrogens with two attached hydrogens (primary N) is 1. The standard InChI is InChI=1S/C19H18FN3O2S/c1-3-23(19(25)16-6-4-5-7-17(16)20)13(2)26-18(22-21)15-10-8-14(12-24)9-11-15/h4-12H,2-3,21H2,1H3/b22-18-. The van der Waals surface area contributed by atoms with Crippen molar-refractivity contribution in [1.82, 2.24) is 4.90 Å². The molecule has 5 nitrogen and oxygen atoms in total. The number of benzene rings is 2. The summed E-state index contributed by atoms with van der Waals surface area (Å²) >= 11 is 1.10. The topological polar surface area (TPSA) is 75.8 Å². The third-order valence-electron chi connectivity index (χ3n) is 3.59. The van der Waals surface area contributed by atoms with Gasteiger partial charge in [0.2, 0.25) is 0 Å². The van der Waals surface area contributed by atoms with Crippen molar-refractivity contribution in [2.24, 2.45) is 10.9 Å². The van der Waals surface area contributed by atoms with Gasteiger partial charge in [-0.1, -0.05) is 54.7 Å². The van der Waals surface area contributed by atoms with Crippen LogP contribution in [0.25, 0.3) is 0 Å². The first kappa shape index (κ1) is 19.4. The van der Waals surface area contributed by atoms with E-state index < -0.39 is 11.7 Å². The maximum atomic E-state index is 13.9. The van der Waals surface area contributed by atoms with Crippen LogP contribution in [-0.2, 0) is 0 Å². The molecule has 0 aliphatic carbocycles. The molecule has 0 atom stereocenters. The van der Waals surface area contributed by atoms with E-state index >= 15 is 0 Å². The van der Waals surface area contributed by atoms with E-state index in [4.69, 9.17) is 5.84 Å². The molecule has 7 heteroatoms. The van der Waals surface area contributed by atoms with Gasteiger partial charge in [0.05, 0.1) is 10.6 Å². The van der Waals surface area contributed by atoms with Crippen molar-refractivity contribution in [3.05, 3.63) is 82.6 Å². The molecular weight excluding hydrogens is 353 g/mol. The third kappa shape index (κ3) is 4.37. The van der Waals surface area contributed by atoms with Crippen molar-refractivity contribution < 1.29 is 14.0 Å². The fourth-order valence-electron chi connectivity index (χ4n) is 2.24. The predicted octanol–water partition coefficient (Wildman–Crippen LogP) is 3.63. The zero-order valence-corrected chi connectivity index (χ0v) is 15.0. The molecule has 2 rings (SSSR count). The van der Waals surface area contributed by atoms with Gasteiger partial charge in [0, 0.05) is 17.7 Å². The van der Waals surface area contributed by atoms with Gasteiger partial charge < -0.3 is 10.7 Å². The fourth-order valence-corrected chi connectivity index (χ4v) is 3.10. The highest BCUT2D eigenvalue weighted by atomic mass is 32.2. The minimum atomic E-state index is -0.592. The van der Waals surface area contributed by atoms with Crippen molar-refractivity contribution in [2.45, 2.75) is 6.92 Å². The monoisotopic (exact) mass is 371 g/mol. The molecule has 2 aromatic rings. The van der Waals surface area contributed by atoms with Gasteiger partial charge in [-0.15, -0.1) is 0 Å². The number of halogens is 1. The lowest BCUT2D eigenvalue weighted by Gasteiger charge is -2.23. The number of hydrogen-bond donors (Lipinski definition) is 1. The van der Waals surface area contributed by atoms with E-state index in [0.717, 1.165) is 18.0 Å². The van der Waals surface area contributed by atoms with Crippen molar-refractivity contribution in [2.75, 3.05) is 6.54 Å². The van der Waals surface area contributed by atoms with Crippen molar-refractivity contribution in [3.63, 3.8) is 0 Å². The normalized spacial score (nSPS) is 11.1. The number of amides is 1. The van der Waals surface area contributed by atoms with E-state index in [1.807, 2.05) is 0 Å². The van der Waals surface area contributed by atoms with Crippen LogP contribution in [0.15, 0.2) is 65.2 Å². The van der Waals surface area contributed by atoms with Crippen LogP contribution in [0.1, 0.15) is 33.2 Å². The molecule has 1 amide bonds. The van der Waals surface area contributed by atoms with Crippen LogP contribution >= 0.6 is 11.8 Å². The summed E-state index contributed by atoms with van der Waals surface area (Å²) in [6, 6.07) is 12.5. The molecule has 0 fully saturated rings. The van der Waals surface area contributed by atoms with Crippen LogP contribution in [0.4, 0.5) is 4.39 Å². The lowest BCUT2D eigenvalue weighted by Crippen LogP contribution is -2.30. The first-order valence-electron chi connectivity index (χ1n) is 7.78. The van der Waals surface area contributed by atoms with Gasteiger partial charge in [-0.25, -0.2) is 4.39 Å². The molecule has 0 saturated heterocycles. The lowest BCUT2D eigenvalue weighted by molar-refractivity contribution is 0.0819. The average molecular weight is 371 g/mol. The van der Waals surface area contributed by atoms with Crippen LogP contribution in [0.2, 0.25) is 0 Å². The van der Waals surface area contributed by atoms with Crippen LogP contribution in [-0.4, -0.2) is 28.7 Å². The molecule has 2 N–H and O–H groups in total. The van der Waals surface area contributed by atoms with E-state index in [1.165, 1.54) is 23.1 Å². The van der Waals surface area contributed by atoms with Crippen molar-refractivity contribution in [1.29, 1.82) is 0 Å². The van der Waals surface area contributed by atoms with Crippen LogP contribution in [0, 0.1) is 5.82 Å². The quantitative estimate of drug-likeness (QED) is 0.277. The summed E-state index contributed by atoms with van der Waals surface area (Å²) in [5.74, 6) is 4.39. The van der Waals surface area contributed by atoms with Gasteiger partial charge in [0.1, 0.15) is 17.1 Å². The number of nitrogens with zero attached hydrogens (tertiary/aromatic N) is 2. The van der Waals surface area contributed by atoms with E-state index in [0.29, 0.717) is 27.7 Å². The second-order valence-electron chi connectivity index (χ2n) is 5.20. The summed E-state index contributed by atoms with van der Waals surface area (Å²) in [7, 11) is 0. The summed E-state index contributed by atoms with van der Waals surface area (Å²) in [6.45, 7) is 5.98. The van der Waals surface area contributed by atoms with Crippen molar-refractivity contribution in [3.8, 4) is 0 Å². The Morgan fingerprint density at radius 1 is 1.27 bits per heavy atom. The Morgan fingerprint density at radius 3 is 2.46 bits per heavy atom. The fraction of sp³-hybridized carbons (Fsp3) is 0.105. The summed E-state index contributed by atoms with van der Waals surface area (Å²) < 4.78 is 13.9. The number of hydrazone groups is 1. The van der Waals surface area contributed by atoms with E-state index in [1.54, 1.807) is 37.3 Å². The van der Waals surface area contributed by atoms with Crippen molar-refractivity contribution >= 4 is 29.0 Å². The highest BCUT2D eigenvalue weighted by Crippen LogP contribution is 2.26. The average Bonchev–Trinajstić information content (AvgIpc) is 2.67. The number of aldehydes is 1. The van der Waals surface area contributed by atoms with Gasteiger partial charge in [0.15, 0.2) is 0 Å². The molecule has 0 aromatic heterocycles. The Hall–Kier alpha value is -2.93. The summed E-state index contributed by atoms with van der Waals surface area (Å²) in [6.07, 6.45) is 0.737. The second-order valence-corrected chi connectivity index (χ2v) is 6.26. The Kier molecular flexibility index (Phi) is 6.68. The Bertz CT molecular complexity index is 850. The molecule has 2 aromatic carbocycles. The lowest BCUT2D eigenvalue weighted by atomic mass is 10.2. The maximum Gasteiger partial charge on any atom is 0.261 e. The smallest absolute Gasteiger partial charge is 0.261 e. The third-order valence-corrected chi connectivity index (χ3v) is 4.58. The molecular formula is C19H18FN3O2S. The molecule has 0 radical (unpaired) electrons. The zero-order chi connectivity index (χ0) is 19.1. The van der Waals surface area contributed by atoms with Crippen LogP contribution in [0.5, 0.6) is 0 Å². The minimum Gasteiger partial charge on any atom is -0.322 e. The molecule has 26 heavy (non-hydrogen) atoms. The summed E-state index contributed by atoms with van der Waals surface area (Å²) in [5.41, 5.74) is 1.18. The predicted molar refractivity (Wildman–Crippen MR) is 102 cm³/mol. The van der Waals surface area contributed by atoms with E-state index in [-0.39, 0.29) is 5.56 Å². The maximum absolute atomic E-state index is 13.9. The van der Waals surface area contributed by atoms with Gasteiger partial charge in [-0.2, -0.15) is 5.10 Å². The molecule has 0 unspecified atom stereocenters. The number of carbonyl (C=O) groups is 2. The number of thioether (sulfide) groups is 1. The number of hydrogen-bond acceptors (Lipinski definition) is 5. The van der Waals surface area contributed by atoms with E-state index in [9.17, 15) is 14.0 Å². The Labute approximate surface area is 155 Å². The summed E-state index contributed by atoms with van der Waals surface area (Å²) in [5, 5.41) is 4.53. The van der Waals surface area contributed by atoms with Crippen LogP contribution < -0.4 is 5.84 Å². The first-order chi connectivity index (χ1) is 12.5. The molecule has 0 bridgehead atoms. The van der Waals surface area contributed by atoms with Crippen LogP contribution in [0.3, 0.4) is 0 Å². The molecule has 0 saturated carbocycles. The molecule has 0 aliphatic rings. The Balaban J connectivity index is 2.20. The van der Waals surface area contributed by atoms with E-state index in [2.05, 4.69) is 11.7 Å². The highest BCUT2D eigenvalue weighted by Gasteiger charge is 2.21. The molecule has 0 heterocycles. The SMILES string of the molecule is C=C(S/C(=N\N)c1ccc(C=O)cc1)N(CC)C(=O)c1ccccc1F.